The van der Waals surface area contributed by atoms with Crippen molar-refractivity contribution in [2.75, 3.05) is 6.54 Å². The van der Waals surface area contributed by atoms with Crippen LogP contribution in [0.5, 0.6) is 0 Å². The number of alkyl halides is 1. The molecule has 4 nitrogen and oxygen atoms in total. The Morgan fingerprint density at radius 1 is 1.53 bits per heavy atom. The van der Waals surface area contributed by atoms with Gasteiger partial charge >= 0.3 is 6.09 Å². The third-order valence-electron chi connectivity index (χ3n) is 2.65. The molecular weight excluding hydrogens is 225 g/mol. The lowest BCUT2D eigenvalue weighted by Gasteiger charge is -2.37. The fraction of sp³-hybridized carbons (Fsp3) is 0.833. The maximum atomic E-state index is 13.2. The Labute approximate surface area is 101 Å². The highest BCUT2D eigenvalue weighted by Gasteiger charge is 2.33. The number of aldehydes is 1. The molecule has 0 radical (unpaired) electrons. The average molecular weight is 245 g/mol. The molecule has 17 heavy (non-hydrogen) atoms. The molecule has 1 aliphatic rings. The van der Waals surface area contributed by atoms with Crippen molar-refractivity contribution in [3.63, 3.8) is 0 Å². The van der Waals surface area contributed by atoms with Crippen molar-refractivity contribution in [2.45, 2.75) is 57.8 Å². The monoisotopic (exact) mass is 245 g/mol. The number of hydrogen-bond donors (Lipinski definition) is 0. The fourth-order valence-corrected chi connectivity index (χ4v) is 1.90. The van der Waals surface area contributed by atoms with Crippen LogP contribution in [0, 0.1) is 0 Å². The Kier molecular flexibility index (Phi) is 4.48. The van der Waals surface area contributed by atoms with Crippen molar-refractivity contribution < 1.29 is 18.7 Å². The molecule has 2 atom stereocenters. The Balaban J connectivity index is 2.65. The molecule has 0 aromatic rings. The van der Waals surface area contributed by atoms with Crippen LogP contribution in [0.3, 0.4) is 0 Å². The Bertz CT molecular complexity index is 288. The van der Waals surface area contributed by atoms with Crippen LogP contribution in [0.1, 0.15) is 40.0 Å². The van der Waals surface area contributed by atoms with Gasteiger partial charge in [-0.05, 0) is 33.6 Å². The molecule has 98 valence electrons. The fourth-order valence-electron chi connectivity index (χ4n) is 1.90. The van der Waals surface area contributed by atoms with Gasteiger partial charge in [-0.25, -0.2) is 9.18 Å². The van der Waals surface area contributed by atoms with Crippen molar-refractivity contribution >= 4 is 12.4 Å². The Hall–Kier alpha value is -1.13. The lowest BCUT2D eigenvalue weighted by atomic mass is 9.99. The molecule has 1 aliphatic heterocycles. The summed E-state index contributed by atoms with van der Waals surface area (Å²) in [6.45, 7) is 5.65. The maximum Gasteiger partial charge on any atom is 0.410 e. The molecule has 1 fully saturated rings. The van der Waals surface area contributed by atoms with Crippen LogP contribution >= 0.6 is 0 Å². The highest BCUT2D eigenvalue weighted by Crippen LogP contribution is 2.23. The van der Waals surface area contributed by atoms with Crippen LogP contribution in [0.2, 0.25) is 0 Å². The number of piperidine rings is 1. The highest BCUT2D eigenvalue weighted by atomic mass is 19.1. The summed E-state index contributed by atoms with van der Waals surface area (Å²) >= 11 is 0. The van der Waals surface area contributed by atoms with Gasteiger partial charge in [0, 0.05) is 19.0 Å². The third-order valence-corrected chi connectivity index (χ3v) is 2.65. The van der Waals surface area contributed by atoms with E-state index in [0.717, 1.165) is 6.29 Å². The van der Waals surface area contributed by atoms with Crippen LogP contribution in [-0.4, -0.2) is 41.6 Å². The number of amides is 1. The minimum absolute atomic E-state index is 0.166. The van der Waals surface area contributed by atoms with E-state index in [4.69, 9.17) is 4.74 Å². The molecule has 0 aliphatic carbocycles. The summed E-state index contributed by atoms with van der Waals surface area (Å²) < 4.78 is 18.5. The third kappa shape index (κ3) is 4.32. The zero-order valence-electron chi connectivity index (χ0n) is 10.6. The molecule has 0 aromatic carbocycles. The van der Waals surface area contributed by atoms with E-state index in [0.29, 0.717) is 13.0 Å². The normalized spacial score (nSPS) is 25.5. The van der Waals surface area contributed by atoms with Crippen molar-refractivity contribution in [1.82, 2.24) is 4.90 Å². The number of carbonyl (C=O) groups is 2. The van der Waals surface area contributed by atoms with E-state index in [1.54, 1.807) is 20.8 Å². The first-order valence-electron chi connectivity index (χ1n) is 5.91. The van der Waals surface area contributed by atoms with Gasteiger partial charge in [0.05, 0.1) is 0 Å². The second-order valence-electron chi connectivity index (χ2n) is 5.35. The van der Waals surface area contributed by atoms with Crippen LogP contribution in [0.25, 0.3) is 0 Å². The van der Waals surface area contributed by atoms with E-state index in [-0.39, 0.29) is 18.9 Å². The number of rotatable bonds is 2. The quantitative estimate of drug-likeness (QED) is 0.701. The molecule has 1 heterocycles. The van der Waals surface area contributed by atoms with Crippen LogP contribution in [0.15, 0.2) is 0 Å². The van der Waals surface area contributed by atoms with Crippen molar-refractivity contribution in [2.24, 2.45) is 0 Å². The largest absolute Gasteiger partial charge is 0.444 e. The molecule has 5 heteroatoms. The van der Waals surface area contributed by atoms with Crippen LogP contribution < -0.4 is 0 Å². The van der Waals surface area contributed by atoms with Crippen molar-refractivity contribution in [3.8, 4) is 0 Å². The zero-order valence-corrected chi connectivity index (χ0v) is 10.6. The molecule has 0 saturated carbocycles. The van der Waals surface area contributed by atoms with Gasteiger partial charge < -0.3 is 14.4 Å². The van der Waals surface area contributed by atoms with Gasteiger partial charge in [0.25, 0.3) is 0 Å². The molecule has 1 rings (SSSR count). The van der Waals surface area contributed by atoms with Gasteiger partial charge in [0.15, 0.2) is 0 Å². The lowest BCUT2D eigenvalue weighted by molar-refractivity contribution is -0.109. The number of carbonyl (C=O) groups excluding carboxylic acids is 2. The summed E-state index contributed by atoms with van der Waals surface area (Å²) in [4.78, 5) is 23.9. The van der Waals surface area contributed by atoms with Crippen molar-refractivity contribution in [3.05, 3.63) is 0 Å². The summed E-state index contributed by atoms with van der Waals surface area (Å²) in [5, 5.41) is 0. The van der Waals surface area contributed by atoms with E-state index in [1.165, 1.54) is 4.90 Å². The zero-order chi connectivity index (χ0) is 13.1. The second kappa shape index (κ2) is 5.47. The maximum absolute atomic E-state index is 13.2. The first-order chi connectivity index (χ1) is 7.83. The van der Waals surface area contributed by atoms with Gasteiger partial charge in [0.1, 0.15) is 18.1 Å². The predicted molar refractivity (Wildman–Crippen MR) is 61.5 cm³/mol. The van der Waals surface area contributed by atoms with Gasteiger partial charge in [0.2, 0.25) is 0 Å². The number of ether oxygens (including phenoxy) is 1. The first-order valence-corrected chi connectivity index (χ1v) is 5.91. The van der Waals surface area contributed by atoms with Crippen LogP contribution in [0.4, 0.5) is 9.18 Å². The lowest BCUT2D eigenvalue weighted by Crippen LogP contribution is -2.48. The van der Waals surface area contributed by atoms with E-state index in [2.05, 4.69) is 0 Å². The van der Waals surface area contributed by atoms with Crippen LogP contribution in [-0.2, 0) is 9.53 Å². The Morgan fingerprint density at radius 2 is 2.18 bits per heavy atom. The summed E-state index contributed by atoms with van der Waals surface area (Å²) in [6.07, 6.45) is 0.0293. The van der Waals surface area contributed by atoms with Gasteiger partial charge in [-0.1, -0.05) is 0 Å². The summed E-state index contributed by atoms with van der Waals surface area (Å²) in [5.74, 6) is 0. The highest BCUT2D eigenvalue weighted by molar-refractivity contribution is 5.69. The standard InChI is InChI=1S/C12H20FNO3/c1-12(2,3)17-11(16)14-6-4-9(13)8-10(14)5-7-15/h7,9-10H,4-6,8H2,1-3H3/t9-,10-/m1/s1. The van der Waals surface area contributed by atoms with E-state index in [1.807, 2.05) is 0 Å². The molecule has 0 bridgehead atoms. The molecule has 0 unspecified atom stereocenters. The topological polar surface area (TPSA) is 46.6 Å². The van der Waals surface area contributed by atoms with Gasteiger partial charge in [-0.2, -0.15) is 0 Å². The first kappa shape index (κ1) is 13.9. The van der Waals surface area contributed by atoms with E-state index < -0.39 is 17.9 Å². The average Bonchev–Trinajstić information content (AvgIpc) is 2.15. The number of hydrogen-bond acceptors (Lipinski definition) is 3. The predicted octanol–water partition coefficient (Wildman–Crippen LogP) is 2.31. The van der Waals surface area contributed by atoms with E-state index >= 15 is 0 Å². The van der Waals surface area contributed by atoms with Gasteiger partial charge in [-0.3, -0.25) is 0 Å². The smallest absolute Gasteiger partial charge is 0.410 e. The molecule has 0 N–H and O–H groups in total. The van der Waals surface area contributed by atoms with Gasteiger partial charge in [-0.15, -0.1) is 0 Å². The molecule has 1 amide bonds. The number of halogens is 1. The van der Waals surface area contributed by atoms with Crippen molar-refractivity contribution in [1.29, 1.82) is 0 Å². The number of nitrogens with zero attached hydrogens (tertiary/aromatic N) is 1. The number of likely N-dealkylation sites (tertiary alicyclic amines) is 1. The minimum Gasteiger partial charge on any atom is -0.444 e. The Morgan fingerprint density at radius 3 is 2.71 bits per heavy atom. The SMILES string of the molecule is CC(C)(C)OC(=O)N1CC[C@@H](F)C[C@H]1CC=O. The molecule has 1 saturated heterocycles. The summed E-state index contributed by atoms with van der Waals surface area (Å²) in [6, 6.07) is -0.369. The second-order valence-corrected chi connectivity index (χ2v) is 5.35. The summed E-state index contributed by atoms with van der Waals surface area (Å²) in [7, 11) is 0. The summed E-state index contributed by atoms with van der Waals surface area (Å²) in [5.41, 5.74) is -0.574. The molecular formula is C12H20FNO3. The molecule has 0 aromatic heterocycles. The minimum atomic E-state index is -0.932. The molecule has 0 spiro atoms. The van der Waals surface area contributed by atoms with E-state index in [9.17, 15) is 14.0 Å².